The molecule has 0 fully saturated rings. The molecule has 0 heterocycles. The van der Waals surface area contributed by atoms with Crippen LogP contribution in [-0.4, -0.2) is 24.2 Å². The van der Waals surface area contributed by atoms with Gasteiger partial charge < -0.3 is 0 Å². The summed E-state index contributed by atoms with van der Waals surface area (Å²) in [4.78, 5) is 0. The topological polar surface area (TPSA) is 27.3 Å². The van der Waals surface area contributed by atoms with Gasteiger partial charge in [0.15, 0.2) is 0 Å². The van der Waals surface area contributed by atoms with Crippen LogP contribution in [0.5, 0.6) is 0 Å². The molecular formula is C27H41Cl2CoN3. The van der Waals surface area contributed by atoms with Crippen LogP contribution in [0.25, 0.3) is 0 Å². The van der Waals surface area contributed by atoms with Crippen molar-refractivity contribution < 1.29 is 13.8 Å². The van der Waals surface area contributed by atoms with Crippen LogP contribution in [0.1, 0.15) is 74.9 Å². The van der Waals surface area contributed by atoms with Crippen LogP contribution in [0.15, 0.2) is 18.2 Å². The Hall–Kier alpha value is -0.914. The number of halogens is 2. The van der Waals surface area contributed by atoms with Gasteiger partial charge in [0.1, 0.15) is 0 Å². The Balaban J connectivity index is 2.07. The third-order valence-electron chi connectivity index (χ3n) is 6.28. The van der Waals surface area contributed by atoms with Gasteiger partial charge >= 0.3 is 185 Å². The monoisotopic (exact) mass is 536 g/mol. The van der Waals surface area contributed by atoms with Crippen molar-refractivity contribution >= 4 is 37.8 Å². The minimum absolute atomic E-state index is 0.586. The fourth-order valence-electron chi connectivity index (χ4n) is 4.36. The Morgan fingerprint density at radius 1 is 0.727 bits per heavy atom. The van der Waals surface area contributed by atoms with E-state index in [0.717, 1.165) is 65.4 Å². The fraction of sp³-hybridized carbons (Fsp3) is 0.556. The zero-order valence-electron chi connectivity index (χ0n) is 21.1. The predicted molar refractivity (Wildman–Crippen MR) is 144 cm³/mol. The molecule has 2 aromatic carbocycles. The van der Waals surface area contributed by atoms with Crippen LogP contribution in [0.3, 0.4) is 0 Å². The number of benzene rings is 2. The molecule has 0 aliphatic rings. The Labute approximate surface area is 217 Å². The molecule has 0 saturated heterocycles. The molecule has 187 valence electrons. The van der Waals surface area contributed by atoms with Gasteiger partial charge in [0.2, 0.25) is 0 Å². The maximum atomic E-state index is 6.62. The summed E-state index contributed by atoms with van der Waals surface area (Å²) in [7, 11) is 6.32. The molecule has 2 N–H and O–H groups in total. The number of anilines is 2. The molecule has 0 radical (unpaired) electrons. The van der Waals surface area contributed by atoms with Gasteiger partial charge in [-0.3, -0.25) is 0 Å². The van der Waals surface area contributed by atoms with E-state index >= 15 is 0 Å². The van der Waals surface area contributed by atoms with Crippen molar-refractivity contribution in [2.45, 2.75) is 80.1 Å². The number of nitrogens with one attached hydrogen (secondary N) is 2. The number of nitrogens with zero attached hydrogens (tertiary/aromatic N) is 1. The molecule has 2 aromatic rings. The Kier molecular flexibility index (Phi) is 12.4. The first-order valence-electron chi connectivity index (χ1n) is 12.4. The molecule has 0 unspecified atom stereocenters. The van der Waals surface area contributed by atoms with E-state index < -0.39 is 0 Å². The molecular weight excluding hydrogens is 496 g/mol. The number of hydrogen-bond donors (Lipinski definition) is 2. The van der Waals surface area contributed by atoms with Crippen LogP contribution in [0, 0.1) is 0 Å². The molecule has 0 aliphatic carbocycles. The maximum absolute atomic E-state index is 6.62. The van der Waals surface area contributed by atoms with Gasteiger partial charge in [-0.15, -0.1) is 0 Å². The van der Waals surface area contributed by atoms with Crippen molar-refractivity contribution in [3.05, 3.63) is 51.6 Å². The summed E-state index contributed by atoms with van der Waals surface area (Å²) in [5, 5.41) is 7.29. The summed E-state index contributed by atoms with van der Waals surface area (Å²) < 4.78 is 3.07. The summed E-state index contributed by atoms with van der Waals surface area (Å²) >= 11 is 7.46. The fourth-order valence-corrected chi connectivity index (χ4v) is 5.97. The van der Waals surface area contributed by atoms with Gasteiger partial charge in [-0.05, 0) is 12.0 Å². The van der Waals surface area contributed by atoms with Crippen LogP contribution in [0.2, 0.25) is 0 Å². The first-order chi connectivity index (χ1) is 16.0. The van der Waals surface area contributed by atoms with Crippen LogP contribution in [-0.2, 0) is 52.3 Å². The van der Waals surface area contributed by atoms with Crippen molar-refractivity contribution in [2.24, 2.45) is 0 Å². The zero-order chi connectivity index (χ0) is 24.4. The SMILES string of the molecule is CCc1cc(CC)c(NCCN(Cl)CNc2c(CC)cc(CC)[c]([Co][Cl])c2CC)c(CC)c1. The molecule has 0 bridgehead atoms. The molecule has 0 aliphatic heterocycles. The Morgan fingerprint density at radius 2 is 1.30 bits per heavy atom. The van der Waals surface area contributed by atoms with E-state index in [9.17, 15) is 0 Å². The molecule has 0 atom stereocenters. The number of aryl methyl sites for hydroxylation is 5. The molecule has 2 rings (SSSR count). The summed E-state index contributed by atoms with van der Waals surface area (Å²) in [5.74, 6) is 0. The van der Waals surface area contributed by atoms with E-state index in [0.29, 0.717) is 6.67 Å². The first-order valence-corrected chi connectivity index (χ1v) is 14.7. The predicted octanol–water partition coefficient (Wildman–Crippen LogP) is 6.86. The van der Waals surface area contributed by atoms with Crippen molar-refractivity contribution in [1.82, 2.24) is 4.42 Å². The Morgan fingerprint density at radius 3 is 1.79 bits per heavy atom. The molecule has 3 nitrogen and oxygen atoms in total. The van der Waals surface area contributed by atoms with Crippen LogP contribution >= 0.6 is 21.9 Å². The van der Waals surface area contributed by atoms with Crippen molar-refractivity contribution in [2.75, 3.05) is 30.4 Å². The van der Waals surface area contributed by atoms with Gasteiger partial charge in [0.25, 0.3) is 0 Å². The number of hydrogen-bond acceptors (Lipinski definition) is 3. The molecule has 0 spiro atoms. The average molecular weight is 537 g/mol. The zero-order valence-corrected chi connectivity index (χ0v) is 23.7. The van der Waals surface area contributed by atoms with Gasteiger partial charge in [0, 0.05) is 0 Å². The molecule has 33 heavy (non-hydrogen) atoms. The van der Waals surface area contributed by atoms with Crippen molar-refractivity contribution in [3.8, 4) is 0 Å². The van der Waals surface area contributed by atoms with Gasteiger partial charge in [0.05, 0.1) is 0 Å². The summed E-state index contributed by atoms with van der Waals surface area (Å²) in [6, 6.07) is 6.99. The average Bonchev–Trinajstić information content (AvgIpc) is 2.85. The molecule has 6 heteroatoms. The second kappa shape index (κ2) is 14.5. The quantitative estimate of drug-likeness (QED) is 0.204. The van der Waals surface area contributed by atoms with E-state index in [1.54, 1.807) is 0 Å². The van der Waals surface area contributed by atoms with E-state index in [2.05, 4.69) is 70.4 Å². The van der Waals surface area contributed by atoms with Gasteiger partial charge in [-0.25, -0.2) is 0 Å². The van der Waals surface area contributed by atoms with E-state index in [1.807, 2.05) is 4.42 Å². The normalized spacial score (nSPS) is 11.4. The Bertz CT molecular complexity index is 876. The smallest absolute Gasteiger partial charge is 0.0612 e. The number of rotatable bonds is 14. The van der Waals surface area contributed by atoms with Crippen molar-refractivity contribution in [1.29, 1.82) is 0 Å². The minimum atomic E-state index is 0.586. The third-order valence-corrected chi connectivity index (χ3v) is 7.94. The molecule has 0 saturated carbocycles. The van der Waals surface area contributed by atoms with Gasteiger partial charge in [-0.2, -0.15) is 0 Å². The van der Waals surface area contributed by atoms with Gasteiger partial charge in [-0.1, -0.05) is 20.8 Å². The summed E-state index contributed by atoms with van der Waals surface area (Å²) in [6.07, 6.45) is 6.08. The first kappa shape index (κ1) is 28.3. The standard InChI is InChI=1S/C27H41ClN3.ClH.Co/c1-7-20-15-22(9-3)26(23(10-4)16-20)29-13-14-31(28)19-30-27-24(11-5)17-21(8-2)18-25(27)12-6;;/h15-17,29-30H,7-14,19H2,1-6H3;1H;/q;;+1/p-1. The third kappa shape index (κ3) is 7.28. The summed E-state index contributed by atoms with van der Waals surface area (Å²) in [5.41, 5.74) is 10.7. The summed E-state index contributed by atoms with van der Waals surface area (Å²) in [6.45, 7) is 15.4. The van der Waals surface area contributed by atoms with E-state index in [4.69, 9.17) is 21.9 Å². The van der Waals surface area contributed by atoms with E-state index in [1.165, 1.54) is 49.3 Å². The van der Waals surface area contributed by atoms with Crippen LogP contribution < -0.4 is 15.1 Å². The second-order valence-electron chi connectivity index (χ2n) is 8.26. The van der Waals surface area contributed by atoms with Crippen molar-refractivity contribution in [3.63, 3.8) is 0 Å². The van der Waals surface area contributed by atoms with E-state index in [-0.39, 0.29) is 0 Å². The molecule has 0 amide bonds. The molecule has 0 aromatic heterocycles. The van der Waals surface area contributed by atoms with Crippen LogP contribution in [0.4, 0.5) is 11.4 Å². The minimum Gasteiger partial charge on any atom is -0.0612 e. The second-order valence-corrected chi connectivity index (χ2v) is 9.98.